The summed E-state index contributed by atoms with van der Waals surface area (Å²) in [5.41, 5.74) is 0.681. The molecule has 3 aromatic heterocycles. The molecule has 9 heteroatoms. The number of thiazole rings is 1. The van der Waals surface area contributed by atoms with Crippen molar-refractivity contribution in [2.45, 2.75) is 38.3 Å². The van der Waals surface area contributed by atoms with Gasteiger partial charge < -0.3 is 15.0 Å². The maximum absolute atomic E-state index is 13.0. The van der Waals surface area contributed by atoms with Gasteiger partial charge in [0.25, 0.3) is 0 Å². The van der Waals surface area contributed by atoms with E-state index in [4.69, 9.17) is 4.74 Å². The van der Waals surface area contributed by atoms with Crippen LogP contribution >= 0.6 is 34.0 Å². The molecule has 1 saturated heterocycles. The van der Waals surface area contributed by atoms with E-state index in [-0.39, 0.29) is 24.3 Å². The Hall–Kier alpha value is -2.07. The fraction of sp³-hybridized carbons (Fsp3) is 0.381. The predicted molar refractivity (Wildman–Crippen MR) is 121 cm³/mol. The Bertz CT molecular complexity index is 947. The molecule has 1 aliphatic heterocycles. The van der Waals surface area contributed by atoms with Gasteiger partial charge in [0.2, 0.25) is 11.8 Å². The lowest BCUT2D eigenvalue weighted by Gasteiger charge is -2.25. The van der Waals surface area contributed by atoms with Gasteiger partial charge in [0, 0.05) is 28.3 Å². The van der Waals surface area contributed by atoms with E-state index >= 15 is 0 Å². The minimum absolute atomic E-state index is 0.0284. The van der Waals surface area contributed by atoms with Crippen LogP contribution in [-0.4, -0.2) is 41.0 Å². The molecule has 6 nitrogen and oxygen atoms in total. The van der Waals surface area contributed by atoms with Gasteiger partial charge in [0.05, 0.1) is 31.2 Å². The van der Waals surface area contributed by atoms with Crippen LogP contribution < -0.4 is 5.32 Å². The molecular weight excluding hydrogens is 438 g/mol. The Morgan fingerprint density at radius 1 is 1.13 bits per heavy atom. The minimum Gasteiger partial charge on any atom is -0.376 e. The topological polar surface area (TPSA) is 71.5 Å². The SMILES string of the molecule is O=C(Cc1cccs1)Nc1nc(CC(=O)N(Cc2cccs2)CC2CCCO2)cs1. The van der Waals surface area contributed by atoms with Gasteiger partial charge in [-0.1, -0.05) is 12.1 Å². The van der Waals surface area contributed by atoms with Gasteiger partial charge >= 0.3 is 0 Å². The number of nitrogens with one attached hydrogen (secondary N) is 1. The maximum atomic E-state index is 13.0. The lowest BCUT2D eigenvalue weighted by molar-refractivity contribution is -0.132. The number of hydrogen-bond acceptors (Lipinski definition) is 7. The van der Waals surface area contributed by atoms with Crippen LogP contribution in [0, 0.1) is 0 Å². The second-order valence-electron chi connectivity index (χ2n) is 7.11. The third kappa shape index (κ3) is 5.98. The summed E-state index contributed by atoms with van der Waals surface area (Å²) in [7, 11) is 0. The fourth-order valence-electron chi connectivity index (χ4n) is 3.33. The molecule has 1 unspecified atom stereocenters. The zero-order chi connectivity index (χ0) is 20.8. The number of amides is 2. The first kappa shape index (κ1) is 21.2. The van der Waals surface area contributed by atoms with Gasteiger partial charge in [0.15, 0.2) is 5.13 Å². The summed E-state index contributed by atoms with van der Waals surface area (Å²) in [5, 5.41) is 9.18. The number of ether oxygens (including phenoxy) is 1. The summed E-state index contributed by atoms with van der Waals surface area (Å²) in [6, 6.07) is 7.91. The third-order valence-corrected chi connectivity index (χ3v) is 7.32. The molecule has 4 heterocycles. The molecule has 1 aliphatic rings. The van der Waals surface area contributed by atoms with Gasteiger partial charge in [-0.05, 0) is 35.7 Å². The number of hydrogen-bond donors (Lipinski definition) is 1. The average Bonchev–Trinajstić information content (AvgIpc) is 3.51. The maximum Gasteiger partial charge on any atom is 0.231 e. The van der Waals surface area contributed by atoms with E-state index < -0.39 is 0 Å². The molecule has 2 amide bonds. The van der Waals surface area contributed by atoms with E-state index in [1.54, 1.807) is 22.7 Å². The summed E-state index contributed by atoms with van der Waals surface area (Å²) >= 11 is 4.55. The Morgan fingerprint density at radius 2 is 1.93 bits per heavy atom. The number of carbonyl (C=O) groups excluding carboxylic acids is 2. The summed E-state index contributed by atoms with van der Waals surface area (Å²) in [6.07, 6.45) is 2.70. The van der Waals surface area contributed by atoms with Gasteiger partial charge in [-0.15, -0.1) is 34.0 Å². The highest BCUT2D eigenvalue weighted by molar-refractivity contribution is 7.14. The summed E-state index contributed by atoms with van der Waals surface area (Å²) in [6.45, 7) is 1.96. The van der Waals surface area contributed by atoms with Gasteiger partial charge in [-0.2, -0.15) is 0 Å². The highest BCUT2D eigenvalue weighted by atomic mass is 32.1. The Labute approximate surface area is 187 Å². The summed E-state index contributed by atoms with van der Waals surface area (Å²) in [5.74, 6) is -0.0666. The Balaban J connectivity index is 1.35. The lowest BCUT2D eigenvalue weighted by Crippen LogP contribution is -2.37. The molecule has 30 heavy (non-hydrogen) atoms. The van der Waals surface area contributed by atoms with Crippen molar-refractivity contribution in [3.05, 3.63) is 55.9 Å². The first-order valence-corrected chi connectivity index (χ1v) is 12.5. The minimum atomic E-state index is -0.0950. The largest absolute Gasteiger partial charge is 0.376 e. The zero-order valence-electron chi connectivity index (χ0n) is 16.4. The number of anilines is 1. The van der Waals surface area contributed by atoms with E-state index in [1.165, 1.54) is 11.3 Å². The molecule has 0 radical (unpaired) electrons. The smallest absolute Gasteiger partial charge is 0.231 e. The molecule has 1 atom stereocenters. The second-order valence-corrected chi connectivity index (χ2v) is 10.0. The van der Waals surface area contributed by atoms with Gasteiger partial charge in [-0.25, -0.2) is 4.98 Å². The predicted octanol–water partition coefficient (Wildman–Crippen LogP) is 4.20. The third-order valence-electron chi connectivity index (χ3n) is 4.77. The molecule has 0 saturated carbocycles. The average molecular weight is 462 g/mol. The summed E-state index contributed by atoms with van der Waals surface area (Å²) in [4.78, 5) is 33.7. The highest BCUT2D eigenvalue weighted by Gasteiger charge is 2.24. The lowest BCUT2D eigenvalue weighted by atomic mass is 10.2. The van der Waals surface area contributed by atoms with Crippen LogP contribution in [0.25, 0.3) is 0 Å². The van der Waals surface area contributed by atoms with Crippen molar-refractivity contribution in [2.24, 2.45) is 0 Å². The molecule has 4 rings (SSSR count). The monoisotopic (exact) mass is 461 g/mol. The van der Waals surface area contributed by atoms with E-state index in [0.717, 1.165) is 29.2 Å². The van der Waals surface area contributed by atoms with Crippen LogP contribution in [0.5, 0.6) is 0 Å². The normalized spacial score (nSPS) is 15.9. The number of nitrogens with zero attached hydrogens (tertiary/aromatic N) is 2. The molecule has 0 aliphatic carbocycles. The van der Waals surface area contributed by atoms with Crippen LogP contribution in [0.3, 0.4) is 0 Å². The van der Waals surface area contributed by atoms with Crippen LogP contribution in [0.15, 0.2) is 40.4 Å². The van der Waals surface area contributed by atoms with Gasteiger partial charge in [0.1, 0.15) is 0 Å². The highest BCUT2D eigenvalue weighted by Crippen LogP contribution is 2.20. The van der Waals surface area contributed by atoms with Crippen LogP contribution in [0.2, 0.25) is 0 Å². The molecule has 1 fully saturated rings. The standard InChI is InChI=1S/C21H23N3O3S3/c25-19(11-17-5-2-8-28-17)23-21-22-15(14-30-21)10-20(26)24(12-16-4-1-7-27-16)13-18-6-3-9-29-18/h2-3,5-6,8-9,14,16H,1,4,7,10-13H2,(H,22,23,25). The quantitative estimate of drug-likeness (QED) is 0.518. The van der Waals surface area contributed by atoms with Crippen molar-refractivity contribution >= 4 is 51.0 Å². The second kappa shape index (κ2) is 10.3. The number of carbonyl (C=O) groups is 2. The number of aromatic nitrogens is 1. The van der Waals surface area contributed by atoms with Crippen molar-refractivity contribution < 1.29 is 14.3 Å². The van der Waals surface area contributed by atoms with Crippen molar-refractivity contribution in [3.63, 3.8) is 0 Å². The van der Waals surface area contributed by atoms with Crippen molar-refractivity contribution in [2.75, 3.05) is 18.5 Å². The Kier molecular flexibility index (Phi) is 7.27. The van der Waals surface area contributed by atoms with E-state index in [0.29, 0.717) is 30.3 Å². The fourth-order valence-corrected chi connectivity index (χ4v) is 5.48. The van der Waals surface area contributed by atoms with Gasteiger partial charge in [-0.3, -0.25) is 9.59 Å². The molecule has 0 aromatic carbocycles. The van der Waals surface area contributed by atoms with Crippen molar-refractivity contribution in [3.8, 4) is 0 Å². The van der Waals surface area contributed by atoms with Crippen molar-refractivity contribution in [1.29, 1.82) is 0 Å². The van der Waals surface area contributed by atoms with Crippen molar-refractivity contribution in [1.82, 2.24) is 9.88 Å². The van der Waals surface area contributed by atoms with Crippen LogP contribution in [0.1, 0.15) is 28.3 Å². The molecule has 0 bridgehead atoms. The van der Waals surface area contributed by atoms with Crippen LogP contribution in [-0.2, 0) is 33.7 Å². The molecule has 0 spiro atoms. The Morgan fingerprint density at radius 3 is 2.63 bits per heavy atom. The van der Waals surface area contributed by atoms with Crippen LogP contribution in [0.4, 0.5) is 5.13 Å². The molecule has 158 valence electrons. The van der Waals surface area contributed by atoms with E-state index in [1.807, 2.05) is 45.3 Å². The van der Waals surface area contributed by atoms with E-state index in [2.05, 4.69) is 10.3 Å². The van der Waals surface area contributed by atoms with E-state index in [9.17, 15) is 9.59 Å². The molecule has 3 aromatic rings. The number of rotatable bonds is 9. The first-order valence-electron chi connectivity index (χ1n) is 9.84. The molecule has 1 N–H and O–H groups in total. The molecular formula is C21H23N3O3S3. The zero-order valence-corrected chi connectivity index (χ0v) is 18.9. The number of thiophene rings is 2. The summed E-state index contributed by atoms with van der Waals surface area (Å²) < 4.78 is 5.74. The first-order chi connectivity index (χ1) is 14.7.